The molecule has 1 fully saturated rings. The van der Waals surface area contributed by atoms with Gasteiger partial charge >= 0.3 is 0 Å². The van der Waals surface area contributed by atoms with E-state index in [1.54, 1.807) is 12.3 Å². The van der Waals surface area contributed by atoms with Crippen LogP contribution in [0.2, 0.25) is 0 Å². The second-order valence-electron chi connectivity index (χ2n) is 3.78. The van der Waals surface area contributed by atoms with Crippen LogP contribution in [0, 0.1) is 0 Å². The van der Waals surface area contributed by atoms with Gasteiger partial charge in [-0.25, -0.2) is 4.98 Å². The molecule has 1 amide bonds. The van der Waals surface area contributed by atoms with Crippen molar-refractivity contribution < 1.29 is 4.79 Å². The molecule has 6 heteroatoms. The van der Waals surface area contributed by atoms with Crippen molar-refractivity contribution in [2.24, 2.45) is 0 Å². The Labute approximate surface area is 102 Å². The van der Waals surface area contributed by atoms with E-state index in [0.29, 0.717) is 24.5 Å². The number of aromatic nitrogens is 1. The molecular weight excluding hydrogens is 272 g/mol. The van der Waals surface area contributed by atoms with Crippen LogP contribution in [0.15, 0.2) is 16.7 Å². The lowest BCUT2D eigenvalue weighted by molar-refractivity contribution is -0.119. The molecule has 2 rings (SSSR count). The van der Waals surface area contributed by atoms with Gasteiger partial charge in [-0.2, -0.15) is 0 Å². The maximum Gasteiger partial charge on any atom is 0.220 e. The molecule has 0 saturated carbocycles. The van der Waals surface area contributed by atoms with E-state index in [2.05, 4.69) is 31.5 Å². The molecule has 1 aromatic rings. The van der Waals surface area contributed by atoms with Crippen molar-refractivity contribution in [1.82, 2.24) is 10.3 Å². The van der Waals surface area contributed by atoms with Gasteiger partial charge in [0.05, 0.1) is 5.69 Å². The van der Waals surface area contributed by atoms with Gasteiger partial charge in [-0.05, 0) is 28.4 Å². The molecule has 0 aliphatic carbocycles. The first-order valence-electron chi connectivity index (χ1n) is 5.09. The zero-order valence-electron chi connectivity index (χ0n) is 8.66. The summed E-state index contributed by atoms with van der Waals surface area (Å²) in [5.74, 6) is 0.771. The summed E-state index contributed by atoms with van der Waals surface area (Å²) in [4.78, 5) is 15.2. The SMILES string of the molecule is Nc1cc(Br)cnc1NCC1CCC(=O)N1. The molecule has 0 bridgehead atoms. The van der Waals surface area contributed by atoms with Crippen LogP contribution < -0.4 is 16.4 Å². The van der Waals surface area contributed by atoms with Gasteiger partial charge in [0.25, 0.3) is 0 Å². The summed E-state index contributed by atoms with van der Waals surface area (Å²) in [6, 6.07) is 1.97. The Kier molecular flexibility index (Phi) is 3.28. The van der Waals surface area contributed by atoms with E-state index in [4.69, 9.17) is 5.73 Å². The number of rotatable bonds is 3. The lowest BCUT2D eigenvalue weighted by atomic mass is 10.2. The Morgan fingerprint density at radius 1 is 1.69 bits per heavy atom. The van der Waals surface area contributed by atoms with E-state index < -0.39 is 0 Å². The average Bonchev–Trinajstić information content (AvgIpc) is 2.63. The fourth-order valence-electron chi connectivity index (χ4n) is 1.65. The Bertz CT molecular complexity index is 410. The molecule has 2 heterocycles. The normalized spacial score (nSPS) is 19.6. The minimum Gasteiger partial charge on any atom is -0.396 e. The summed E-state index contributed by atoms with van der Waals surface area (Å²) < 4.78 is 0.852. The molecule has 0 radical (unpaired) electrons. The fourth-order valence-corrected chi connectivity index (χ4v) is 2.00. The van der Waals surface area contributed by atoms with Gasteiger partial charge < -0.3 is 16.4 Å². The predicted octanol–water partition coefficient (Wildman–Crippen LogP) is 1.12. The number of halogens is 1. The second kappa shape index (κ2) is 4.69. The molecule has 1 unspecified atom stereocenters. The second-order valence-corrected chi connectivity index (χ2v) is 4.69. The molecule has 1 aromatic heterocycles. The number of pyridine rings is 1. The summed E-state index contributed by atoms with van der Waals surface area (Å²) in [5, 5.41) is 6.01. The molecule has 0 spiro atoms. The van der Waals surface area contributed by atoms with E-state index in [1.165, 1.54) is 0 Å². The van der Waals surface area contributed by atoms with E-state index in [1.807, 2.05) is 0 Å². The summed E-state index contributed by atoms with van der Waals surface area (Å²) in [7, 11) is 0. The van der Waals surface area contributed by atoms with Gasteiger partial charge in [-0.3, -0.25) is 4.79 Å². The van der Waals surface area contributed by atoms with Gasteiger partial charge in [0.15, 0.2) is 0 Å². The van der Waals surface area contributed by atoms with Crippen LogP contribution in [0.3, 0.4) is 0 Å². The summed E-state index contributed by atoms with van der Waals surface area (Å²) >= 11 is 3.29. The maximum absolute atomic E-state index is 11.0. The number of carbonyl (C=O) groups excluding carboxylic acids is 1. The highest BCUT2D eigenvalue weighted by Crippen LogP contribution is 2.20. The zero-order valence-corrected chi connectivity index (χ0v) is 10.3. The van der Waals surface area contributed by atoms with Crippen LogP contribution >= 0.6 is 15.9 Å². The van der Waals surface area contributed by atoms with Crippen LogP contribution in [-0.2, 0) is 4.79 Å². The number of anilines is 2. The molecule has 1 aliphatic heterocycles. The third kappa shape index (κ3) is 2.63. The van der Waals surface area contributed by atoms with Crippen molar-refractivity contribution in [1.29, 1.82) is 0 Å². The number of carbonyl (C=O) groups is 1. The topological polar surface area (TPSA) is 80.0 Å². The van der Waals surface area contributed by atoms with Gasteiger partial charge in [0, 0.05) is 29.7 Å². The van der Waals surface area contributed by atoms with Gasteiger partial charge in [-0.1, -0.05) is 0 Å². The number of nitrogen functional groups attached to an aromatic ring is 1. The average molecular weight is 285 g/mol. The van der Waals surface area contributed by atoms with Gasteiger partial charge in [0.1, 0.15) is 5.82 Å². The summed E-state index contributed by atoms with van der Waals surface area (Å²) in [5.41, 5.74) is 6.39. The van der Waals surface area contributed by atoms with Crippen molar-refractivity contribution in [2.45, 2.75) is 18.9 Å². The minimum atomic E-state index is 0.114. The van der Waals surface area contributed by atoms with E-state index in [0.717, 1.165) is 10.9 Å². The smallest absolute Gasteiger partial charge is 0.220 e. The highest BCUT2D eigenvalue weighted by molar-refractivity contribution is 9.10. The number of hydrogen-bond acceptors (Lipinski definition) is 4. The van der Waals surface area contributed by atoms with Crippen LogP contribution in [0.1, 0.15) is 12.8 Å². The molecule has 86 valence electrons. The quantitative estimate of drug-likeness (QED) is 0.777. The number of amides is 1. The van der Waals surface area contributed by atoms with Crippen LogP contribution in [0.5, 0.6) is 0 Å². The van der Waals surface area contributed by atoms with Crippen molar-refractivity contribution >= 4 is 33.3 Å². The predicted molar refractivity (Wildman–Crippen MR) is 66.0 cm³/mol. The lowest BCUT2D eigenvalue weighted by Crippen LogP contribution is -2.32. The Hall–Kier alpha value is -1.30. The molecule has 1 atom stereocenters. The molecule has 1 aliphatic rings. The molecule has 5 nitrogen and oxygen atoms in total. The van der Waals surface area contributed by atoms with E-state index >= 15 is 0 Å². The lowest BCUT2D eigenvalue weighted by Gasteiger charge is -2.13. The van der Waals surface area contributed by atoms with Crippen molar-refractivity contribution in [3.8, 4) is 0 Å². The monoisotopic (exact) mass is 284 g/mol. The van der Waals surface area contributed by atoms with Crippen LogP contribution in [-0.4, -0.2) is 23.5 Å². The molecular formula is C10H13BrN4O. The molecule has 0 aromatic carbocycles. The highest BCUT2D eigenvalue weighted by atomic mass is 79.9. The first-order valence-corrected chi connectivity index (χ1v) is 5.88. The largest absolute Gasteiger partial charge is 0.396 e. The van der Waals surface area contributed by atoms with Crippen LogP contribution in [0.25, 0.3) is 0 Å². The number of nitrogens with two attached hydrogens (primary N) is 1. The molecule has 16 heavy (non-hydrogen) atoms. The Morgan fingerprint density at radius 3 is 3.12 bits per heavy atom. The standard InChI is InChI=1S/C10H13BrN4O/c11-6-3-8(12)10(13-4-6)14-5-7-1-2-9(16)15-7/h3-4,7H,1-2,5,12H2,(H,13,14)(H,15,16). The first kappa shape index (κ1) is 11.2. The number of nitrogens with one attached hydrogen (secondary N) is 2. The number of nitrogens with zero attached hydrogens (tertiary/aromatic N) is 1. The highest BCUT2D eigenvalue weighted by Gasteiger charge is 2.20. The first-order chi connectivity index (χ1) is 7.65. The number of hydrogen-bond donors (Lipinski definition) is 3. The van der Waals surface area contributed by atoms with Crippen LogP contribution in [0.4, 0.5) is 11.5 Å². The molecule has 1 saturated heterocycles. The minimum absolute atomic E-state index is 0.114. The van der Waals surface area contributed by atoms with Gasteiger partial charge in [-0.15, -0.1) is 0 Å². The fraction of sp³-hybridized carbons (Fsp3) is 0.400. The summed E-state index contributed by atoms with van der Waals surface area (Å²) in [6.45, 7) is 0.657. The summed E-state index contributed by atoms with van der Waals surface area (Å²) in [6.07, 6.45) is 3.16. The van der Waals surface area contributed by atoms with Crippen molar-refractivity contribution in [3.63, 3.8) is 0 Å². The van der Waals surface area contributed by atoms with E-state index in [-0.39, 0.29) is 11.9 Å². The zero-order chi connectivity index (χ0) is 11.5. The van der Waals surface area contributed by atoms with Gasteiger partial charge in [0.2, 0.25) is 5.91 Å². The van der Waals surface area contributed by atoms with Crippen molar-refractivity contribution in [2.75, 3.05) is 17.6 Å². The third-order valence-electron chi connectivity index (χ3n) is 2.48. The van der Waals surface area contributed by atoms with Crippen molar-refractivity contribution in [3.05, 3.63) is 16.7 Å². The maximum atomic E-state index is 11.0. The Morgan fingerprint density at radius 2 is 2.50 bits per heavy atom. The Balaban J connectivity index is 1.92. The molecule has 4 N–H and O–H groups in total. The third-order valence-corrected chi connectivity index (χ3v) is 2.92. The van der Waals surface area contributed by atoms with E-state index in [9.17, 15) is 4.79 Å².